The van der Waals surface area contributed by atoms with Crippen LogP contribution in [0.4, 0.5) is 5.69 Å². The van der Waals surface area contributed by atoms with Crippen LogP contribution >= 0.6 is 0 Å². The molecule has 0 bridgehead atoms. The Bertz CT molecular complexity index is 1180. The minimum atomic E-state index is -0.566. The molecule has 0 N–H and O–H groups in total. The van der Waals surface area contributed by atoms with Gasteiger partial charge < -0.3 is 4.57 Å². The van der Waals surface area contributed by atoms with E-state index in [2.05, 4.69) is 4.98 Å². The lowest BCUT2D eigenvalue weighted by molar-refractivity contribution is -0.385. The molecule has 0 saturated heterocycles. The molecule has 0 radical (unpaired) electrons. The van der Waals surface area contributed by atoms with Crippen LogP contribution in [-0.4, -0.2) is 29.4 Å². The van der Waals surface area contributed by atoms with Gasteiger partial charge in [-0.15, -0.1) is 0 Å². The third-order valence-electron chi connectivity index (χ3n) is 4.26. The van der Waals surface area contributed by atoms with Crippen molar-refractivity contribution < 1.29 is 9.72 Å². The highest BCUT2D eigenvalue weighted by Gasteiger charge is 2.19. The fourth-order valence-electron chi connectivity index (χ4n) is 2.74. The zero-order chi connectivity index (χ0) is 19.2. The van der Waals surface area contributed by atoms with Crippen molar-refractivity contribution in [2.75, 3.05) is 0 Å². The Hall–Kier alpha value is -3.56. The molecule has 0 aliphatic heterocycles. The van der Waals surface area contributed by atoms with Gasteiger partial charge in [0.25, 0.3) is 11.2 Å². The molecule has 0 aliphatic rings. The van der Waals surface area contributed by atoms with Crippen molar-refractivity contribution in [3.63, 3.8) is 0 Å². The number of Topliss-reactive ketones (excluding diaryl/α,β-unsaturated/α-hetero) is 1. The number of aromatic nitrogens is 4. The van der Waals surface area contributed by atoms with Crippen LogP contribution in [0.25, 0.3) is 11.2 Å². The molecule has 10 nitrogen and oxygen atoms in total. The molecule has 2 heterocycles. The lowest BCUT2D eigenvalue weighted by atomic mass is 10.1. The van der Waals surface area contributed by atoms with Crippen LogP contribution < -0.4 is 11.2 Å². The number of fused-ring (bicyclic) bond motifs is 1. The van der Waals surface area contributed by atoms with Gasteiger partial charge in [0.2, 0.25) is 0 Å². The molecule has 134 valence electrons. The van der Waals surface area contributed by atoms with Gasteiger partial charge in [0.1, 0.15) is 0 Å². The first-order valence-electron chi connectivity index (χ1n) is 7.61. The fourth-order valence-corrected chi connectivity index (χ4v) is 2.74. The average Bonchev–Trinajstić information content (AvgIpc) is 3.01. The van der Waals surface area contributed by atoms with Crippen LogP contribution in [0, 0.1) is 17.0 Å². The number of hydrogen-bond donors (Lipinski definition) is 0. The second-order valence-electron chi connectivity index (χ2n) is 5.93. The van der Waals surface area contributed by atoms with E-state index >= 15 is 0 Å². The largest absolute Gasteiger partial charge is 0.332 e. The van der Waals surface area contributed by atoms with E-state index in [9.17, 15) is 24.5 Å². The maximum absolute atomic E-state index is 12.5. The number of rotatable bonds is 4. The molecule has 0 fully saturated rings. The number of ketones is 1. The van der Waals surface area contributed by atoms with E-state index in [-0.39, 0.29) is 29.0 Å². The molecule has 2 aromatic heterocycles. The summed E-state index contributed by atoms with van der Waals surface area (Å²) >= 11 is 0. The zero-order valence-electron chi connectivity index (χ0n) is 14.3. The van der Waals surface area contributed by atoms with Crippen LogP contribution in [0.2, 0.25) is 0 Å². The van der Waals surface area contributed by atoms with Gasteiger partial charge in [-0.25, -0.2) is 9.78 Å². The smallest absolute Gasteiger partial charge is 0.317 e. The number of nitro benzene ring substituents is 1. The first kappa shape index (κ1) is 17.3. The number of carbonyl (C=O) groups is 1. The molecular formula is C16H15N5O5. The predicted molar refractivity (Wildman–Crippen MR) is 92.4 cm³/mol. The standard InChI is InChI=1S/C16H15N5O5/c1-9-4-5-10(6-11(9)21(25)26)12(22)7-20-8-17-14-13(20)15(23)19(3)16(24)18(14)2/h4-6,8H,7H2,1-3H3. The molecule has 3 rings (SSSR count). The summed E-state index contributed by atoms with van der Waals surface area (Å²) in [5.74, 6) is -0.414. The molecule has 0 spiro atoms. The van der Waals surface area contributed by atoms with Crippen LogP contribution in [0.5, 0.6) is 0 Å². The van der Waals surface area contributed by atoms with Crippen LogP contribution in [0.1, 0.15) is 15.9 Å². The maximum atomic E-state index is 12.5. The molecule has 3 aromatic rings. The quantitative estimate of drug-likeness (QED) is 0.381. The van der Waals surface area contributed by atoms with E-state index in [0.717, 1.165) is 4.57 Å². The van der Waals surface area contributed by atoms with Gasteiger partial charge >= 0.3 is 5.69 Å². The lowest BCUT2D eigenvalue weighted by Crippen LogP contribution is -2.37. The van der Waals surface area contributed by atoms with Crippen molar-refractivity contribution in [2.24, 2.45) is 14.1 Å². The first-order chi connectivity index (χ1) is 12.2. The van der Waals surface area contributed by atoms with E-state index in [0.29, 0.717) is 5.56 Å². The normalized spacial score (nSPS) is 11.0. The summed E-state index contributed by atoms with van der Waals surface area (Å²) in [7, 11) is 2.82. The second-order valence-corrected chi connectivity index (χ2v) is 5.93. The van der Waals surface area contributed by atoms with E-state index in [1.807, 2.05) is 0 Å². The first-order valence-corrected chi connectivity index (χ1v) is 7.61. The van der Waals surface area contributed by atoms with Gasteiger partial charge in [0.15, 0.2) is 16.9 Å². The summed E-state index contributed by atoms with van der Waals surface area (Å²) in [6, 6.07) is 4.21. The number of hydrogen-bond acceptors (Lipinski definition) is 6. The number of imidazole rings is 1. The molecule has 0 atom stereocenters. The SMILES string of the molecule is Cc1ccc(C(=O)Cn2cnc3c2c(=O)n(C)c(=O)n3C)cc1[N+](=O)[O-]. The third kappa shape index (κ3) is 2.61. The summed E-state index contributed by atoms with van der Waals surface area (Å²) in [6.07, 6.45) is 1.30. The van der Waals surface area contributed by atoms with E-state index in [4.69, 9.17) is 0 Å². The van der Waals surface area contributed by atoms with Crippen LogP contribution in [0.15, 0.2) is 34.1 Å². The molecule has 0 unspecified atom stereocenters. The van der Waals surface area contributed by atoms with Crippen molar-refractivity contribution in [3.8, 4) is 0 Å². The Morgan fingerprint density at radius 1 is 1.23 bits per heavy atom. The number of aryl methyl sites for hydroxylation is 2. The van der Waals surface area contributed by atoms with Crippen molar-refractivity contribution in [1.29, 1.82) is 0 Å². The summed E-state index contributed by atoms with van der Waals surface area (Å²) in [5, 5.41) is 11.0. The minimum absolute atomic E-state index is 0.115. The molecular weight excluding hydrogens is 342 g/mol. The topological polar surface area (TPSA) is 122 Å². The van der Waals surface area contributed by atoms with E-state index in [1.54, 1.807) is 6.92 Å². The third-order valence-corrected chi connectivity index (χ3v) is 4.26. The molecule has 0 saturated carbocycles. The monoisotopic (exact) mass is 357 g/mol. The van der Waals surface area contributed by atoms with Crippen molar-refractivity contribution in [1.82, 2.24) is 18.7 Å². The Kier molecular flexibility index (Phi) is 4.03. The second kappa shape index (κ2) is 6.06. The number of nitro groups is 1. The van der Waals surface area contributed by atoms with Gasteiger partial charge in [-0.2, -0.15) is 0 Å². The van der Waals surface area contributed by atoms with Crippen molar-refractivity contribution in [2.45, 2.75) is 13.5 Å². The highest BCUT2D eigenvalue weighted by molar-refractivity contribution is 5.97. The van der Waals surface area contributed by atoms with Crippen LogP contribution in [-0.2, 0) is 20.6 Å². The number of benzene rings is 1. The maximum Gasteiger partial charge on any atom is 0.332 e. The number of nitrogens with zero attached hydrogens (tertiary/aromatic N) is 5. The summed E-state index contributed by atoms with van der Waals surface area (Å²) in [5.41, 5.74) is -0.346. The summed E-state index contributed by atoms with van der Waals surface area (Å²) < 4.78 is 3.49. The van der Waals surface area contributed by atoms with Gasteiger partial charge in [-0.05, 0) is 6.92 Å². The Labute approximate surface area is 146 Å². The fraction of sp³-hybridized carbons (Fsp3) is 0.250. The van der Waals surface area contributed by atoms with Gasteiger partial charge in [-0.3, -0.25) is 28.8 Å². The molecule has 0 amide bonds. The number of carbonyl (C=O) groups excluding carboxylic acids is 1. The highest BCUT2D eigenvalue weighted by atomic mass is 16.6. The van der Waals surface area contributed by atoms with Crippen molar-refractivity contribution in [3.05, 3.63) is 66.6 Å². The van der Waals surface area contributed by atoms with Crippen molar-refractivity contribution >= 4 is 22.6 Å². The van der Waals surface area contributed by atoms with Gasteiger partial charge in [-0.1, -0.05) is 12.1 Å². The highest BCUT2D eigenvalue weighted by Crippen LogP contribution is 2.20. The Morgan fingerprint density at radius 3 is 2.58 bits per heavy atom. The zero-order valence-corrected chi connectivity index (χ0v) is 14.3. The van der Waals surface area contributed by atoms with Crippen LogP contribution in [0.3, 0.4) is 0 Å². The molecule has 0 aliphatic carbocycles. The Morgan fingerprint density at radius 2 is 1.92 bits per heavy atom. The van der Waals surface area contributed by atoms with E-state index < -0.39 is 22.0 Å². The predicted octanol–water partition coefficient (Wildman–Crippen LogP) is 0.533. The summed E-state index contributed by atoms with van der Waals surface area (Å²) in [4.78, 5) is 51.4. The average molecular weight is 357 g/mol. The lowest BCUT2D eigenvalue weighted by Gasteiger charge is -2.07. The Balaban J connectivity index is 2.06. The molecule has 10 heteroatoms. The van der Waals surface area contributed by atoms with E-state index in [1.165, 1.54) is 47.8 Å². The summed E-state index contributed by atoms with van der Waals surface area (Å²) in [6.45, 7) is 1.35. The molecule has 1 aromatic carbocycles. The van der Waals surface area contributed by atoms with Gasteiger partial charge in [0, 0.05) is 31.3 Å². The molecule has 26 heavy (non-hydrogen) atoms. The van der Waals surface area contributed by atoms with Gasteiger partial charge in [0.05, 0.1) is 17.8 Å². The minimum Gasteiger partial charge on any atom is -0.317 e.